The Morgan fingerprint density at radius 1 is 1.12 bits per heavy atom. The third kappa shape index (κ3) is 7.64. The Balaban J connectivity index is 2.05. The molecule has 2 rings (SSSR count). The Bertz CT molecular complexity index is 1090. The zero-order chi connectivity index (χ0) is 25.1. The normalized spacial score (nSPS) is 11.0. The molecule has 0 saturated carbocycles. The van der Waals surface area contributed by atoms with Crippen LogP contribution in [0.15, 0.2) is 42.0 Å². The van der Waals surface area contributed by atoms with E-state index in [2.05, 4.69) is 19.2 Å². The molecule has 8 nitrogen and oxygen atoms in total. The van der Waals surface area contributed by atoms with Crippen molar-refractivity contribution in [3.63, 3.8) is 0 Å². The number of benzene rings is 2. The predicted octanol–water partition coefficient (Wildman–Crippen LogP) is 3.78. The largest absolute Gasteiger partial charge is 0.493 e. The molecule has 0 heterocycles. The number of nitrogens with zero attached hydrogens (tertiary/aromatic N) is 1. The van der Waals surface area contributed by atoms with Crippen molar-refractivity contribution in [1.29, 1.82) is 5.26 Å². The van der Waals surface area contributed by atoms with E-state index in [1.165, 1.54) is 31.9 Å². The molecule has 0 spiro atoms. The summed E-state index contributed by atoms with van der Waals surface area (Å²) in [5.41, 5.74) is 2.78. The van der Waals surface area contributed by atoms with Gasteiger partial charge in [-0.05, 0) is 59.9 Å². The highest BCUT2D eigenvalue weighted by Crippen LogP contribution is 2.29. The molecule has 0 fully saturated rings. The molecule has 8 heteroatoms. The van der Waals surface area contributed by atoms with E-state index >= 15 is 0 Å². The van der Waals surface area contributed by atoms with Crippen molar-refractivity contribution in [2.45, 2.75) is 26.7 Å². The van der Waals surface area contributed by atoms with E-state index in [1.807, 2.05) is 31.2 Å². The molecule has 1 N–H and O–H groups in total. The van der Waals surface area contributed by atoms with E-state index in [0.717, 1.165) is 5.56 Å². The smallest absolute Gasteiger partial charge is 0.349 e. The molecule has 180 valence electrons. The fraction of sp³-hybridized carbons (Fsp3) is 0.346. The number of methoxy groups -OCH3 is 2. The van der Waals surface area contributed by atoms with Crippen LogP contribution in [0.3, 0.4) is 0 Å². The fourth-order valence-electron chi connectivity index (χ4n) is 3.22. The number of hydrogen-bond acceptors (Lipinski definition) is 7. The van der Waals surface area contributed by atoms with Crippen LogP contribution >= 0.6 is 0 Å². The van der Waals surface area contributed by atoms with Gasteiger partial charge in [0.1, 0.15) is 17.4 Å². The number of nitriles is 1. The predicted molar refractivity (Wildman–Crippen MR) is 128 cm³/mol. The second-order valence-electron chi connectivity index (χ2n) is 7.76. The van der Waals surface area contributed by atoms with Crippen molar-refractivity contribution in [2.75, 3.05) is 34.0 Å². The number of ether oxygens (including phenoxy) is 4. The Morgan fingerprint density at radius 3 is 2.50 bits per heavy atom. The maximum Gasteiger partial charge on any atom is 0.349 e. The van der Waals surface area contributed by atoms with Gasteiger partial charge in [-0.3, -0.25) is 4.79 Å². The lowest BCUT2D eigenvalue weighted by molar-refractivity contribution is -0.136. The van der Waals surface area contributed by atoms with E-state index in [-0.39, 0.29) is 30.2 Å². The van der Waals surface area contributed by atoms with Gasteiger partial charge in [0.25, 0.3) is 5.91 Å². The molecule has 0 aromatic heterocycles. The monoisotopic (exact) mass is 466 g/mol. The minimum atomic E-state index is -0.595. The second kappa shape index (κ2) is 13.0. The molecule has 2 aromatic rings. The van der Waals surface area contributed by atoms with Gasteiger partial charge in [-0.2, -0.15) is 5.26 Å². The summed E-state index contributed by atoms with van der Waals surface area (Å²) < 4.78 is 21.1. The average Bonchev–Trinajstić information content (AvgIpc) is 2.81. The molecular weight excluding hydrogens is 436 g/mol. The van der Waals surface area contributed by atoms with Gasteiger partial charge in [0.2, 0.25) is 0 Å². The maximum absolute atomic E-state index is 12.3. The Hall–Kier alpha value is -3.83. The standard InChI is InChI=1S/C26H30N2O6/c1-17(2)22-8-7-21(12-18(22)3)33-16-25(29)34-23-9-6-19(14-24(23)32-5)13-20(15-27)26(30)28-10-11-31-4/h6-9,12-14,17H,10-11,16H2,1-5H3,(H,28,30)/b20-13+. The summed E-state index contributed by atoms with van der Waals surface area (Å²) in [7, 11) is 2.95. The summed E-state index contributed by atoms with van der Waals surface area (Å²) in [6.45, 7) is 6.59. The van der Waals surface area contributed by atoms with Gasteiger partial charge in [0.15, 0.2) is 18.1 Å². The highest BCUT2D eigenvalue weighted by molar-refractivity contribution is 6.01. The Kier molecular flexibility index (Phi) is 10.1. The lowest BCUT2D eigenvalue weighted by atomic mass is 9.98. The van der Waals surface area contributed by atoms with Gasteiger partial charge in [0.05, 0.1) is 13.7 Å². The van der Waals surface area contributed by atoms with Crippen molar-refractivity contribution < 1.29 is 28.5 Å². The number of aryl methyl sites for hydroxylation is 1. The van der Waals surface area contributed by atoms with Crippen LogP contribution in [-0.4, -0.2) is 45.9 Å². The van der Waals surface area contributed by atoms with Gasteiger partial charge in [-0.1, -0.05) is 26.0 Å². The summed E-state index contributed by atoms with van der Waals surface area (Å²) >= 11 is 0. The number of rotatable bonds is 11. The molecule has 0 aliphatic rings. The van der Waals surface area contributed by atoms with Gasteiger partial charge >= 0.3 is 5.97 Å². The number of carbonyl (C=O) groups is 2. The van der Waals surface area contributed by atoms with E-state index in [0.29, 0.717) is 23.8 Å². The molecular formula is C26H30N2O6. The number of amides is 1. The summed E-state index contributed by atoms with van der Waals surface area (Å²) in [6, 6.07) is 12.3. The van der Waals surface area contributed by atoms with Crippen LogP contribution in [-0.2, 0) is 14.3 Å². The molecule has 0 atom stereocenters. The van der Waals surface area contributed by atoms with Crippen LogP contribution in [0.25, 0.3) is 6.08 Å². The zero-order valence-electron chi connectivity index (χ0n) is 20.1. The first-order valence-corrected chi connectivity index (χ1v) is 10.8. The molecule has 0 aliphatic heterocycles. The Labute approximate surface area is 200 Å². The lowest BCUT2D eigenvalue weighted by Crippen LogP contribution is -2.27. The summed E-state index contributed by atoms with van der Waals surface area (Å²) in [5.74, 6) is 0.349. The summed E-state index contributed by atoms with van der Waals surface area (Å²) in [6.07, 6.45) is 1.42. The number of hydrogen-bond donors (Lipinski definition) is 1. The molecule has 0 saturated heterocycles. The van der Waals surface area contributed by atoms with Crippen molar-refractivity contribution in [3.05, 3.63) is 58.7 Å². The van der Waals surface area contributed by atoms with Crippen molar-refractivity contribution in [3.8, 4) is 23.3 Å². The topological polar surface area (TPSA) is 107 Å². The first-order valence-electron chi connectivity index (χ1n) is 10.8. The van der Waals surface area contributed by atoms with Crippen molar-refractivity contribution in [2.24, 2.45) is 0 Å². The van der Waals surface area contributed by atoms with Crippen LogP contribution in [0.4, 0.5) is 0 Å². The van der Waals surface area contributed by atoms with Crippen molar-refractivity contribution in [1.82, 2.24) is 5.32 Å². The number of esters is 1. The highest BCUT2D eigenvalue weighted by Gasteiger charge is 2.14. The summed E-state index contributed by atoms with van der Waals surface area (Å²) in [4.78, 5) is 24.4. The lowest BCUT2D eigenvalue weighted by Gasteiger charge is -2.13. The number of carbonyl (C=O) groups excluding carboxylic acids is 2. The van der Waals surface area contributed by atoms with Gasteiger partial charge < -0.3 is 24.3 Å². The molecule has 1 amide bonds. The third-order valence-corrected chi connectivity index (χ3v) is 4.90. The van der Waals surface area contributed by atoms with Crippen LogP contribution in [0, 0.1) is 18.3 Å². The van der Waals surface area contributed by atoms with Crippen LogP contribution in [0.5, 0.6) is 17.2 Å². The molecule has 0 bridgehead atoms. The summed E-state index contributed by atoms with van der Waals surface area (Å²) in [5, 5.41) is 11.9. The van der Waals surface area contributed by atoms with Gasteiger partial charge in [-0.15, -0.1) is 0 Å². The second-order valence-corrected chi connectivity index (χ2v) is 7.76. The van der Waals surface area contributed by atoms with Crippen LogP contribution in [0.1, 0.15) is 36.5 Å². The third-order valence-electron chi connectivity index (χ3n) is 4.90. The molecule has 2 aromatic carbocycles. The van der Waals surface area contributed by atoms with E-state index < -0.39 is 11.9 Å². The van der Waals surface area contributed by atoms with E-state index in [1.54, 1.807) is 12.1 Å². The SMILES string of the molecule is COCCNC(=O)/C(C#N)=C/c1ccc(OC(=O)COc2ccc(C(C)C)c(C)c2)c(OC)c1. The molecule has 0 radical (unpaired) electrons. The van der Waals surface area contributed by atoms with Crippen LogP contribution in [0.2, 0.25) is 0 Å². The first kappa shape index (κ1) is 26.4. The quantitative estimate of drug-likeness (QED) is 0.177. The fourth-order valence-corrected chi connectivity index (χ4v) is 3.22. The number of nitrogens with one attached hydrogen (secondary N) is 1. The zero-order valence-corrected chi connectivity index (χ0v) is 20.1. The minimum Gasteiger partial charge on any atom is -0.493 e. The average molecular weight is 467 g/mol. The molecule has 34 heavy (non-hydrogen) atoms. The molecule has 0 unspecified atom stereocenters. The molecule has 0 aliphatic carbocycles. The van der Waals surface area contributed by atoms with E-state index in [4.69, 9.17) is 18.9 Å². The van der Waals surface area contributed by atoms with Crippen molar-refractivity contribution >= 4 is 18.0 Å². The minimum absolute atomic E-state index is 0.0740. The highest BCUT2D eigenvalue weighted by atomic mass is 16.6. The Morgan fingerprint density at radius 2 is 1.88 bits per heavy atom. The first-order chi connectivity index (χ1) is 16.3. The van der Waals surface area contributed by atoms with E-state index in [9.17, 15) is 14.9 Å². The maximum atomic E-state index is 12.3. The van der Waals surface area contributed by atoms with Gasteiger partial charge in [0, 0.05) is 13.7 Å². The van der Waals surface area contributed by atoms with Crippen LogP contribution < -0.4 is 19.5 Å². The van der Waals surface area contributed by atoms with Gasteiger partial charge in [-0.25, -0.2) is 4.79 Å².